The number of nitrogens with zero attached hydrogens (tertiary/aromatic N) is 1. The Balaban J connectivity index is 1.78. The van der Waals surface area contributed by atoms with Gasteiger partial charge in [0, 0.05) is 5.56 Å². The molecule has 0 radical (unpaired) electrons. The van der Waals surface area contributed by atoms with Gasteiger partial charge < -0.3 is 4.74 Å². The number of hydrogen-bond acceptors (Lipinski definition) is 5. The summed E-state index contributed by atoms with van der Waals surface area (Å²) in [6, 6.07) is 14.1. The van der Waals surface area contributed by atoms with E-state index in [0.29, 0.717) is 16.2 Å². The number of halogens is 1. The van der Waals surface area contributed by atoms with Crippen molar-refractivity contribution in [2.75, 3.05) is 7.11 Å². The van der Waals surface area contributed by atoms with E-state index in [2.05, 4.69) is 21.4 Å². The third-order valence-electron chi connectivity index (χ3n) is 3.52. The number of amides is 2. The summed E-state index contributed by atoms with van der Waals surface area (Å²) < 4.78 is 6.25. The maximum atomic E-state index is 12.6. The lowest BCUT2D eigenvalue weighted by atomic mass is 10.2. The summed E-state index contributed by atoms with van der Waals surface area (Å²) in [5.74, 6) is -0.0589. The van der Waals surface area contributed by atoms with Gasteiger partial charge in [0.25, 0.3) is 11.8 Å². The summed E-state index contributed by atoms with van der Waals surface area (Å²) in [5.41, 5.74) is 3.81. The van der Waals surface area contributed by atoms with Gasteiger partial charge >= 0.3 is 0 Å². The second-order valence-corrected chi connectivity index (χ2v) is 7.75. The molecule has 1 N–H and O–H groups in total. The lowest BCUT2D eigenvalue weighted by Gasteiger charge is -2.15. The number of thiocarbonyl (C=S) groups is 1. The van der Waals surface area contributed by atoms with E-state index in [-0.39, 0.29) is 10.2 Å². The fraction of sp³-hybridized carbons (Fsp3) is 0.0556. The van der Waals surface area contributed by atoms with Crippen molar-refractivity contribution in [2.24, 2.45) is 0 Å². The summed E-state index contributed by atoms with van der Waals surface area (Å²) in [6.07, 6.45) is 1.72. The second-order valence-electron chi connectivity index (χ2n) is 5.22. The van der Waals surface area contributed by atoms with Crippen LogP contribution >= 0.6 is 39.9 Å². The van der Waals surface area contributed by atoms with E-state index in [9.17, 15) is 9.59 Å². The van der Waals surface area contributed by atoms with Crippen LogP contribution in [0, 0.1) is 0 Å². The molecule has 0 bridgehead atoms. The summed E-state index contributed by atoms with van der Waals surface area (Å²) in [4.78, 5) is 25.3. The number of carbonyl (C=O) groups excluding carboxylic acids is 2. The molecule has 0 spiro atoms. The van der Waals surface area contributed by atoms with Gasteiger partial charge in [-0.2, -0.15) is 5.01 Å². The Kier molecular flexibility index (Phi) is 5.75. The van der Waals surface area contributed by atoms with Crippen LogP contribution in [-0.4, -0.2) is 28.3 Å². The summed E-state index contributed by atoms with van der Waals surface area (Å²) in [5, 5.41) is 1.10. The molecule has 0 aliphatic carbocycles. The van der Waals surface area contributed by atoms with Crippen LogP contribution in [0.3, 0.4) is 0 Å². The number of ether oxygens (including phenoxy) is 1. The van der Waals surface area contributed by atoms with Gasteiger partial charge in [-0.15, -0.1) is 0 Å². The second kappa shape index (κ2) is 8.03. The average molecular weight is 449 g/mol. The van der Waals surface area contributed by atoms with Crippen molar-refractivity contribution in [1.82, 2.24) is 10.4 Å². The molecule has 8 heteroatoms. The van der Waals surface area contributed by atoms with E-state index in [0.717, 1.165) is 26.8 Å². The van der Waals surface area contributed by atoms with Crippen molar-refractivity contribution in [3.05, 3.63) is 69.0 Å². The Morgan fingerprint density at radius 2 is 2.00 bits per heavy atom. The zero-order valence-corrected chi connectivity index (χ0v) is 16.8. The number of rotatable bonds is 4. The van der Waals surface area contributed by atoms with Gasteiger partial charge in [0.2, 0.25) is 0 Å². The van der Waals surface area contributed by atoms with Crippen LogP contribution in [0.1, 0.15) is 15.9 Å². The molecular formula is C18H13BrN2O3S2. The van der Waals surface area contributed by atoms with Gasteiger partial charge in [0.05, 0.1) is 16.5 Å². The number of methoxy groups -OCH3 is 1. The van der Waals surface area contributed by atoms with Crippen LogP contribution in [0.4, 0.5) is 0 Å². The van der Waals surface area contributed by atoms with E-state index in [1.54, 1.807) is 43.5 Å². The van der Waals surface area contributed by atoms with Crippen LogP contribution in [0.5, 0.6) is 5.75 Å². The van der Waals surface area contributed by atoms with E-state index in [4.69, 9.17) is 17.0 Å². The molecule has 1 saturated heterocycles. The summed E-state index contributed by atoms with van der Waals surface area (Å²) in [6.45, 7) is 0. The average Bonchev–Trinajstić information content (AvgIpc) is 2.90. The number of hydrogen-bond donors (Lipinski definition) is 1. The predicted octanol–water partition coefficient (Wildman–Crippen LogP) is 4.00. The lowest BCUT2D eigenvalue weighted by molar-refractivity contribution is -0.123. The molecule has 1 heterocycles. The van der Waals surface area contributed by atoms with Crippen molar-refractivity contribution in [3.63, 3.8) is 0 Å². The van der Waals surface area contributed by atoms with Crippen LogP contribution in [0.2, 0.25) is 0 Å². The van der Waals surface area contributed by atoms with Crippen LogP contribution in [0.15, 0.2) is 57.9 Å². The normalized spacial score (nSPS) is 15.5. The Morgan fingerprint density at radius 3 is 2.65 bits per heavy atom. The fourth-order valence-corrected chi connectivity index (χ4v) is 3.98. The quantitative estimate of drug-likeness (QED) is 0.565. The highest BCUT2D eigenvalue weighted by Crippen LogP contribution is 2.33. The van der Waals surface area contributed by atoms with Crippen molar-refractivity contribution in [1.29, 1.82) is 0 Å². The minimum absolute atomic E-state index is 0.276. The highest BCUT2D eigenvalue weighted by Gasteiger charge is 2.33. The highest BCUT2D eigenvalue weighted by atomic mass is 79.9. The molecule has 1 aliphatic rings. The lowest BCUT2D eigenvalue weighted by Crippen LogP contribution is -2.44. The largest absolute Gasteiger partial charge is 0.496 e. The first-order chi connectivity index (χ1) is 12.5. The molecule has 2 aromatic carbocycles. The first-order valence-corrected chi connectivity index (χ1v) is 9.49. The van der Waals surface area contributed by atoms with Gasteiger partial charge in [-0.25, -0.2) is 0 Å². The van der Waals surface area contributed by atoms with Crippen LogP contribution in [-0.2, 0) is 4.79 Å². The van der Waals surface area contributed by atoms with Gasteiger partial charge in [-0.1, -0.05) is 36.0 Å². The molecule has 1 fully saturated rings. The third-order valence-corrected chi connectivity index (χ3v) is 5.44. The van der Waals surface area contributed by atoms with Crippen molar-refractivity contribution < 1.29 is 14.3 Å². The molecule has 0 unspecified atom stereocenters. The number of nitrogens with one attached hydrogen (secondary N) is 1. The topological polar surface area (TPSA) is 58.6 Å². The van der Waals surface area contributed by atoms with Crippen molar-refractivity contribution >= 4 is 62.1 Å². The molecule has 1 aliphatic heterocycles. The SMILES string of the molecule is COc1ccc(/C=C2/SC(=S)N(NC(=O)c3ccccc3)C2=O)cc1Br. The monoisotopic (exact) mass is 448 g/mol. The van der Waals surface area contributed by atoms with Crippen molar-refractivity contribution in [3.8, 4) is 5.75 Å². The minimum atomic E-state index is -0.393. The first-order valence-electron chi connectivity index (χ1n) is 7.47. The number of benzene rings is 2. The Labute approximate surface area is 168 Å². The van der Waals surface area contributed by atoms with E-state index < -0.39 is 5.91 Å². The molecule has 26 heavy (non-hydrogen) atoms. The molecule has 3 rings (SSSR count). The minimum Gasteiger partial charge on any atom is -0.496 e. The standard InChI is InChI=1S/C18H13BrN2O3S2/c1-24-14-8-7-11(9-13(14)19)10-15-17(23)21(18(25)26-15)20-16(22)12-5-3-2-4-6-12/h2-10H,1H3,(H,20,22)/b15-10+. The maximum Gasteiger partial charge on any atom is 0.285 e. The zero-order valence-electron chi connectivity index (χ0n) is 13.6. The fourth-order valence-electron chi connectivity index (χ4n) is 2.24. The first kappa shape index (κ1) is 18.6. The van der Waals surface area contributed by atoms with Crippen molar-refractivity contribution in [2.45, 2.75) is 0 Å². The highest BCUT2D eigenvalue weighted by molar-refractivity contribution is 9.10. The zero-order chi connectivity index (χ0) is 18.7. The molecule has 2 amide bonds. The van der Waals surface area contributed by atoms with E-state index >= 15 is 0 Å². The van der Waals surface area contributed by atoms with Crippen LogP contribution in [0.25, 0.3) is 6.08 Å². The van der Waals surface area contributed by atoms with Gasteiger partial charge in [-0.05, 0) is 64.1 Å². The summed E-state index contributed by atoms with van der Waals surface area (Å²) in [7, 11) is 1.58. The molecule has 0 atom stereocenters. The number of thioether (sulfide) groups is 1. The Morgan fingerprint density at radius 1 is 1.27 bits per heavy atom. The molecular weight excluding hydrogens is 436 g/mol. The summed E-state index contributed by atoms with van der Waals surface area (Å²) >= 11 is 9.78. The molecule has 2 aromatic rings. The molecule has 0 saturated carbocycles. The van der Waals surface area contributed by atoms with Gasteiger partial charge in [0.15, 0.2) is 4.32 Å². The van der Waals surface area contributed by atoms with Crippen LogP contribution < -0.4 is 10.2 Å². The smallest absolute Gasteiger partial charge is 0.285 e. The number of carbonyl (C=O) groups is 2. The van der Waals surface area contributed by atoms with E-state index in [1.807, 2.05) is 18.2 Å². The predicted molar refractivity (Wildman–Crippen MR) is 110 cm³/mol. The third kappa shape index (κ3) is 3.98. The Hall–Kier alpha value is -2.16. The van der Waals surface area contributed by atoms with E-state index in [1.165, 1.54) is 0 Å². The maximum absolute atomic E-state index is 12.6. The molecule has 132 valence electrons. The number of hydrazine groups is 1. The Bertz CT molecular complexity index is 916. The van der Waals surface area contributed by atoms with Gasteiger partial charge in [0.1, 0.15) is 5.75 Å². The molecule has 5 nitrogen and oxygen atoms in total. The van der Waals surface area contributed by atoms with Gasteiger partial charge in [-0.3, -0.25) is 15.0 Å². The molecule has 0 aromatic heterocycles.